The number of ether oxygens (including phenoxy) is 1. The number of aryl methyl sites for hydroxylation is 1. The Hall–Kier alpha value is -1.11. The fourth-order valence-electron chi connectivity index (χ4n) is 1.44. The van der Waals surface area contributed by atoms with Crippen molar-refractivity contribution in [3.8, 4) is 11.3 Å². The van der Waals surface area contributed by atoms with E-state index in [2.05, 4.69) is 14.3 Å². The molecule has 0 spiro atoms. The van der Waals surface area contributed by atoms with E-state index in [9.17, 15) is 4.79 Å². The molecule has 0 saturated heterocycles. The molecule has 0 aliphatic heterocycles. The number of carbonyl (C=O) groups is 1. The smallest absolute Gasteiger partial charge is 0.316 e. The van der Waals surface area contributed by atoms with Crippen molar-refractivity contribution in [2.24, 2.45) is 0 Å². The van der Waals surface area contributed by atoms with Crippen LogP contribution in [0, 0.1) is 6.92 Å². The molecule has 0 N–H and O–H groups in total. The Kier molecular flexibility index (Phi) is 4.79. The first-order chi connectivity index (χ1) is 9.11. The van der Waals surface area contributed by atoms with Crippen LogP contribution in [0.15, 0.2) is 22.4 Å². The van der Waals surface area contributed by atoms with E-state index in [4.69, 9.17) is 11.6 Å². The number of rotatable bonds is 4. The SMILES string of the molecule is COC(=O)CSc1snnc1-c1ccc(C)cc1Cl. The van der Waals surface area contributed by atoms with E-state index < -0.39 is 0 Å². The Morgan fingerprint density at radius 1 is 1.53 bits per heavy atom. The molecular formula is C12H11ClN2O2S2. The Labute approximate surface area is 124 Å². The minimum absolute atomic E-state index is 0.233. The highest BCUT2D eigenvalue weighted by Crippen LogP contribution is 2.36. The summed E-state index contributed by atoms with van der Waals surface area (Å²) in [5.74, 6) is -0.0454. The maximum absolute atomic E-state index is 11.2. The summed E-state index contributed by atoms with van der Waals surface area (Å²) < 4.78 is 9.39. The second-order valence-electron chi connectivity index (χ2n) is 3.76. The van der Waals surface area contributed by atoms with Gasteiger partial charge in [-0.25, -0.2) is 0 Å². The molecular weight excluding hydrogens is 304 g/mol. The normalized spacial score (nSPS) is 10.5. The lowest BCUT2D eigenvalue weighted by Crippen LogP contribution is -2.02. The van der Waals surface area contributed by atoms with Crippen molar-refractivity contribution in [3.05, 3.63) is 28.8 Å². The van der Waals surface area contributed by atoms with E-state index in [0.717, 1.165) is 15.3 Å². The summed E-state index contributed by atoms with van der Waals surface area (Å²) in [5, 5.41) is 4.72. The van der Waals surface area contributed by atoms with Crippen LogP contribution in [0.4, 0.5) is 0 Å². The zero-order valence-corrected chi connectivity index (χ0v) is 12.7. The van der Waals surface area contributed by atoms with Gasteiger partial charge in [0.05, 0.1) is 17.9 Å². The molecule has 0 aliphatic carbocycles. The Morgan fingerprint density at radius 2 is 2.32 bits per heavy atom. The predicted octanol–water partition coefficient (Wildman–Crippen LogP) is 3.43. The first kappa shape index (κ1) is 14.3. The first-order valence-electron chi connectivity index (χ1n) is 5.40. The van der Waals surface area contributed by atoms with E-state index >= 15 is 0 Å². The van der Waals surface area contributed by atoms with Crippen molar-refractivity contribution in [3.63, 3.8) is 0 Å². The highest BCUT2D eigenvalue weighted by atomic mass is 35.5. The average Bonchev–Trinajstić information content (AvgIpc) is 2.84. The van der Waals surface area contributed by atoms with Gasteiger partial charge in [-0.15, -0.1) is 5.10 Å². The zero-order chi connectivity index (χ0) is 13.8. The quantitative estimate of drug-likeness (QED) is 0.639. The summed E-state index contributed by atoms with van der Waals surface area (Å²) in [7, 11) is 1.37. The van der Waals surface area contributed by atoms with Crippen molar-refractivity contribution in [2.45, 2.75) is 11.1 Å². The van der Waals surface area contributed by atoms with E-state index in [1.54, 1.807) is 0 Å². The fraction of sp³-hybridized carbons (Fsp3) is 0.250. The van der Waals surface area contributed by atoms with Crippen LogP contribution in [0.1, 0.15) is 5.56 Å². The van der Waals surface area contributed by atoms with Crippen molar-refractivity contribution in [1.29, 1.82) is 0 Å². The molecule has 0 bridgehead atoms. The topological polar surface area (TPSA) is 52.1 Å². The molecule has 0 saturated carbocycles. The molecule has 100 valence electrons. The van der Waals surface area contributed by atoms with E-state index in [0.29, 0.717) is 10.7 Å². The molecule has 0 fully saturated rings. The number of nitrogens with zero attached hydrogens (tertiary/aromatic N) is 2. The summed E-state index contributed by atoms with van der Waals surface area (Å²) >= 11 is 8.82. The van der Waals surface area contributed by atoms with Gasteiger partial charge in [0.1, 0.15) is 9.90 Å². The highest BCUT2D eigenvalue weighted by molar-refractivity contribution is 8.01. The molecule has 0 radical (unpaired) electrons. The number of benzene rings is 1. The van der Waals surface area contributed by atoms with Crippen LogP contribution < -0.4 is 0 Å². The van der Waals surface area contributed by atoms with Gasteiger partial charge in [0.25, 0.3) is 0 Å². The lowest BCUT2D eigenvalue weighted by molar-refractivity contribution is -0.137. The molecule has 0 aliphatic rings. The Morgan fingerprint density at radius 3 is 3.00 bits per heavy atom. The molecule has 4 nitrogen and oxygen atoms in total. The molecule has 2 rings (SSSR count). The van der Waals surface area contributed by atoms with Crippen LogP contribution in [0.5, 0.6) is 0 Å². The van der Waals surface area contributed by atoms with Crippen LogP contribution in [0.3, 0.4) is 0 Å². The summed E-state index contributed by atoms with van der Waals surface area (Å²) in [6.45, 7) is 1.97. The molecule has 19 heavy (non-hydrogen) atoms. The molecule has 1 aromatic carbocycles. The summed E-state index contributed by atoms with van der Waals surface area (Å²) in [5.41, 5.74) is 2.62. The van der Waals surface area contributed by atoms with Gasteiger partial charge in [-0.2, -0.15) is 0 Å². The number of carbonyl (C=O) groups excluding carboxylic acids is 1. The van der Waals surface area contributed by atoms with E-state index in [1.807, 2.05) is 25.1 Å². The van der Waals surface area contributed by atoms with E-state index in [-0.39, 0.29) is 11.7 Å². The number of methoxy groups -OCH3 is 1. The van der Waals surface area contributed by atoms with Gasteiger partial charge in [-0.1, -0.05) is 40.0 Å². The molecule has 0 unspecified atom stereocenters. The molecule has 0 amide bonds. The van der Waals surface area contributed by atoms with Gasteiger partial charge >= 0.3 is 5.97 Å². The van der Waals surface area contributed by atoms with Crippen molar-refractivity contribution in [1.82, 2.24) is 9.59 Å². The van der Waals surface area contributed by atoms with Crippen LogP contribution in [0.25, 0.3) is 11.3 Å². The third-order valence-corrected chi connectivity index (χ3v) is 4.63. The first-order valence-corrected chi connectivity index (χ1v) is 7.54. The monoisotopic (exact) mass is 314 g/mol. The van der Waals surface area contributed by atoms with Gasteiger partial charge in [-0.05, 0) is 30.1 Å². The minimum Gasteiger partial charge on any atom is -0.468 e. The number of esters is 1. The largest absolute Gasteiger partial charge is 0.468 e. The Balaban J connectivity index is 2.26. The van der Waals surface area contributed by atoms with Crippen LogP contribution in [0.2, 0.25) is 5.02 Å². The standard InChI is InChI=1S/C12H11ClN2O2S2/c1-7-3-4-8(9(13)5-7)11-12(19-15-14-11)18-6-10(16)17-2/h3-5H,6H2,1-2H3. The van der Waals surface area contributed by atoms with Crippen molar-refractivity contribution < 1.29 is 9.53 Å². The summed E-state index contributed by atoms with van der Waals surface area (Å²) in [4.78, 5) is 11.2. The predicted molar refractivity (Wildman–Crippen MR) is 77.8 cm³/mol. The maximum Gasteiger partial charge on any atom is 0.316 e. The van der Waals surface area contributed by atoms with Gasteiger partial charge in [0, 0.05) is 5.56 Å². The van der Waals surface area contributed by atoms with Crippen LogP contribution in [-0.4, -0.2) is 28.4 Å². The number of aromatic nitrogens is 2. The second kappa shape index (κ2) is 6.36. The lowest BCUT2D eigenvalue weighted by atomic mass is 10.1. The van der Waals surface area contributed by atoms with E-state index in [1.165, 1.54) is 30.4 Å². The minimum atomic E-state index is -0.278. The summed E-state index contributed by atoms with van der Waals surface area (Å²) in [6, 6.07) is 5.76. The molecule has 0 atom stereocenters. The average molecular weight is 315 g/mol. The van der Waals surface area contributed by atoms with Gasteiger partial charge in [0.2, 0.25) is 0 Å². The van der Waals surface area contributed by atoms with Crippen molar-refractivity contribution >= 4 is 40.9 Å². The zero-order valence-electron chi connectivity index (χ0n) is 10.3. The molecule has 1 aromatic heterocycles. The Bertz CT molecular complexity index is 601. The maximum atomic E-state index is 11.2. The fourth-order valence-corrected chi connectivity index (χ4v) is 3.34. The number of hydrogen-bond acceptors (Lipinski definition) is 6. The lowest BCUT2D eigenvalue weighted by Gasteiger charge is -2.04. The van der Waals surface area contributed by atoms with Gasteiger partial charge in [0.15, 0.2) is 0 Å². The highest BCUT2D eigenvalue weighted by Gasteiger charge is 2.15. The van der Waals surface area contributed by atoms with Crippen LogP contribution >= 0.6 is 34.9 Å². The molecule has 7 heteroatoms. The molecule has 2 aromatic rings. The number of thioether (sulfide) groups is 1. The number of halogens is 1. The van der Waals surface area contributed by atoms with Gasteiger partial charge < -0.3 is 4.74 Å². The summed E-state index contributed by atoms with van der Waals surface area (Å²) in [6.07, 6.45) is 0. The van der Waals surface area contributed by atoms with Gasteiger partial charge in [-0.3, -0.25) is 4.79 Å². The third-order valence-electron chi connectivity index (χ3n) is 2.39. The van der Waals surface area contributed by atoms with Crippen molar-refractivity contribution in [2.75, 3.05) is 12.9 Å². The number of hydrogen-bond donors (Lipinski definition) is 0. The third kappa shape index (κ3) is 3.46. The second-order valence-corrected chi connectivity index (χ2v) is 6.16. The van der Waals surface area contributed by atoms with Crippen LogP contribution in [-0.2, 0) is 9.53 Å². The molecule has 1 heterocycles.